The molecule has 3 aliphatic heterocycles. The van der Waals surface area contributed by atoms with Gasteiger partial charge >= 0.3 is 0 Å². The maximum absolute atomic E-state index is 13.5. The third-order valence-electron chi connectivity index (χ3n) is 19.9. The average molecular weight is 1400 g/mol. The van der Waals surface area contributed by atoms with Gasteiger partial charge in [-0.25, -0.2) is 0 Å². The standard InChI is InChI=1S/C79H145NO18/c1-3-5-7-9-11-13-15-17-19-21-23-25-27-29-31-33-35-37-39-41-43-45-47-49-51-53-55-57-67(85)80-62(63(84)56-54-52-50-48-46-44-42-40-38-36-34-32-30-28-26-24-22-20-18-16-14-12-10-8-6-4-2)61-93-77-73(91)70(88)75(65(59-82)95-77)98-79-74(92)71(89)76(66(60-83)96-79)97-78-72(90)69(87)68(86)64(58-81)94-78/h5,7,11,13,17,19,23,25,62-66,68-79,81-84,86-92H,3-4,6,8-10,12,14-16,18,20-22,24,26-61H2,1-2H3,(H,80,85)/b7-5-,13-11-,19-17-,25-23-. The highest BCUT2D eigenvalue weighted by molar-refractivity contribution is 5.76. The summed E-state index contributed by atoms with van der Waals surface area (Å²) in [6, 6.07) is -0.890. The molecule has 0 saturated carbocycles. The van der Waals surface area contributed by atoms with Crippen molar-refractivity contribution in [1.82, 2.24) is 5.32 Å². The Balaban J connectivity index is 1.37. The fourth-order valence-corrected chi connectivity index (χ4v) is 13.5. The number of aliphatic hydroxyl groups is 11. The van der Waals surface area contributed by atoms with Crippen LogP contribution in [0, 0.1) is 0 Å². The lowest BCUT2D eigenvalue weighted by Gasteiger charge is -2.48. The van der Waals surface area contributed by atoms with Gasteiger partial charge in [-0.1, -0.05) is 306 Å². The number of aliphatic hydroxyl groups excluding tert-OH is 11. The van der Waals surface area contributed by atoms with Crippen molar-refractivity contribution in [3.8, 4) is 0 Å². The molecule has 98 heavy (non-hydrogen) atoms. The number of unbranched alkanes of at least 4 members (excludes halogenated alkanes) is 39. The summed E-state index contributed by atoms with van der Waals surface area (Å²) < 4.78 is 34.5. The Labute approximate surface area is 593 Å². The molecular formula is C79H145NO18. The lowest BCUT2D eigenvalue weighted by molar-refractivity contribution is -0.379. The van der Waals surface area contributed by atoms with E-state index >= 15 is 0 Å². The topological polar surface area (TPSA) is 307 Å². The number of allylic oxidation sites excluding steroid dienone is 8. The predicted octanol–water partition coefficient (Wildman–Crippen LogP) is 12.9. The molecule has 3 fully saturated rings. The van der Waals surface area contributed by atoms with Crippen molar-refractivity contribution in [3.63, 3.8) is 0 Å². The summed E-state index contributed by atoms with van der Waals surface area (Å²) >= 11 is 0. The maximum atomic E-state index is 13.5. The Morgan fingerprint density at radius 2 is 0.704 bits per heavy atom. The average Bonchev–Trinajstić information content (AvgIpc) is 0.785. The number of amides is 1. The van der Waals surface area contributed by atoms with Gasteiger partial charge in [-0.3, -0.25) is 4.79 Å². The van der Waals surface area contributed by atoms with Crippen LogP contribution in [-0.4, -0.2) is 193 Å². The number of hydrogen-bond donors (Lipinski definition) is 12. The SMILES string of the molecule is CC/C=C\C/C=C\C/C=C\C/C=C\CCCCCCCCCCCCCCCCC(=O)NC(COC1OC(CO)C(OC2OC(CO)C(OC3OC(CO)C(O)C(O)C3O)C(O)C2O)C(O)C1O)C(O)CCCCCCCCCCCCCCCCCCCCCCCCCCCC. The fourth-order valence-electron chi connectivity index (χ4n) is 13.5. The maximum Gasteiger partial charge on any atom is 0.220 e. The van der Waals surface area contributed by atoms with E-state index < -0.39 is 124 Å². The van der Waals surface area contributed by atoms with Crippen LogP contribution in [0.4, 0.5) is 0 Å². The minimum absolute atomic E-state index is 0.240. The smallest absolute Gasteiger partial charge is 0.220 e. The van der Waals surface area contributed by atoms with Gasteiger partial charge in [0.1, 0.15) is 73.2 Å². The number of carbonyl (C=O) groups is 1. The molecule has 0 aromatic rings. The first kappa shape index (κ1) is 90.0. The molecule has 0 radical (unpaired) electrons. The Morgan fingerprint density at radius 3 is 1.10 bits per heavy atom. The first-order valence-corrected chi connectivity index (χ1v) is 39.9. The minimum atomic E-state index is -1.97. The van der Waals surface area contributed by atoms with Gasteiger partial charge < -0.3 is 89.9 Å². The first-order valence-electron chi connectivity index (χ1n) is 39.9. The van der Waals surface area contributed by atoms with Crippen molar-refractivity contribution >= 4 is 5.91 Å². The molecule has 0 aromatic heterocycles. The number of carbonyl (C=O) groups excluding carboxylic acids is 1. The second kappa shape index (κ2) is 60.1. The molecule has 1 amide bonds. The second-order valence-corrected chi connectivity index (χ2v) is 28.5. The van der Waals surface area contributed by atoms with E-state index in [4.69, 9.17) is 28.4 Å². The van der Waals surface area contributed by atoms with Crippen molar-refractivity contribution in [2.45, 2.75) is 420 Å². The van der Waals surface area contributed by atoms with E-state index in [1.165, 1.54) is 212 Å². The normalized spacial score (nSPS) is 27.0. The van der Waals surface area contributed by atoms with E-state index in [1.807, 2.05) is 0 Å². The van der Waals surface area contributed by atoms with Crippen LogP contribution in [0.1, 0.15) is 316 Å². The van der Waals surface area contributed by atoms with Gasteiger partial charge in [0.2, 0.25) is 5.91 Å². The molecular weight excluding hydrogens is 1250 g/mol. The molecule has 0 bridgehead atoms. The van der Waals surface area contributed by atoms with Crippen molar-refractivity contribution in [2.75, 3.05) is 26.4 Å². The Bertz CT molecular complexity index is 1960. The predicted molar refractivity (Wildman–Crippen MR) is 388 cm³/mol. The van der Waals surface area contributed by atoms with Gasteiger partial charge in [0.05, 0.1) is 38.6 Å². The van der Waals surface area contributed by atoms with Crippen LogP contribution in [0.3, 0.4) is 0 Å². The molecule has 0 aromatic carbocycles. The van der Waals surface area contributed by atoms with Crippen LogP contribution >= 0.6 is 0 Å². The van der Waals surface area contributed by atoms with Crippen molar-refractivity contribution in [2.24, 2.45) is 0 Å². The summed E-state index contributed by atoms with van der Waals surface area (Å²) in [6.45, 7) is 1.73. The van der Waals surface area contributed by atoms with Crippen LogP contribution in [-0.2, 0) is 33.2 Å². The van der Waals surface area contributed by atoms with E-state index in [2.05, 4.69) is 67.8 Å². The monoisotopic (exact) mass is 1400 g/mol. The zero-order chi connectivity index (χ0) is 71.1. The molecule has 3 rings (SSSR count). The lowest BCUT2D eigenvalue weighted by atomic mass is 9.96. The summed E-state index contributed by atoms with van der Waals surface area (Å²) in [5.41, 5.74) is 0. The largest absolute Gasteiger partial charge is 0.394 e. The van der Waals surface area contributed by atoms with Gasteiger partial charge in [0.15, 0.2) is 18.9 Å². The zero-order valence-corrected chi connectivity index (χ0v) is 61.3. The van der Waals surface area contributed by atoms with Gasteiger partial charge in [-0.2, -0.15) is 0 Å². The molecule has 3 saturated heterocycles. The number of rotatable bonds is 63. The Kier molecular flexibility index (Phi) is 55.1. The van der Waals surface area contributed by atoms with Crippen molar-refractivity contribution < 1.29 is 89.4 Å². The highest BCUT2D eigenvalue weighted by atomic mass is 16.8. The Hall–Kier alpha value is -2.25. The van der Waals surface area contributed by atoms with E-state index in [-0.39, 0.29) is 18.9 Å². The number of hydrogen-bond acceptors (Lipinski definition) is 18. The molecule has 3 heterocycles. The van der Waals surface area contributed by atoms with E-state index in [0.29, 0.717) is 12.8 Å². The summed E-state index contributed by atoms with van der Waals surface area (Å²) in [7, 11) is 0. The van der Waals surface area contributed by atoms with E-state index in [1.54, 1.807) is 0 Å². The van der Waals surface area contributed by atoms with E-state index in [0.717, 1.165) is 70.6 Å². The molecule has 17 unspecified atom stereocenters. The summed E-state index contributed by atoms with van der Waals surface area (Å²) in [6.07, 6.45) is 47.6. The third kappa shape index (κ3) is 40.1. The molecule has 574 valence electrons. The zero-order valence-electron chi connectivity index (χ0n) is 61.3. The fraction of sp³-hybridized carbons (Fsp3) is 0.886. The summed E-state index contributed by atoms with van der Waals surface area (Å²) in [5.74, 6) is -0.240. The molecule has 0 spiro atoms. The first-order chi connectivity index (χ1) is 47.8. The van der Waals surface area contributed by atoms with E-state index in [9.17, 15) is 61.0 Å². The summed E-state index contributed by atoms with van der Waals surface area (Å²) in [5, 5.41) is 121. The number of ether oxygens (including phenoxy) is 6. The van der Waals surface area contributed by atoms with Crippen LogP contribution in [0.2, 0.25) is 0 Å². The highest BCUT2D eigenvalue weighted by Gasteiger charge is 2.54. The van der Waals surface area contributed by atoms with Crippen LogP contribution in [0.25, 0.3) is 0 Å². The third-order valence-corrected chi connectivity index (χ3v) is 19.9. The van der Waals surface area contributed by atoms with Crippen molar-refractivity contribution in [1.29, 1.82) is 0 Å². The quantitative estimate of drug-likeness (QED) is 0.0199. The van der Waals surface area contributed by atoms with Gasteiger partial charge in [-0.05, 0) is 51.4 Å². The Morgan fingerprint density at radius 1 is 0.378 bits per heavy atom. The number of nitrogens with one attached hydrogen (secondary N) is 1. The lowest BCUT2D eigenvalue weighted by Crippen LogP contribution is -2.66. The second-order valence-electron chi connectivity index (χ2n) is 28.5. The van der Waals surface area contributed by atoms with Crippen LogP contribution < -0.4 is 5.32 Å². The van der Waals surface area contributed by atoms with Gasteiger partial charge in [-0.15, -0.1) is 0 Å². The molecule has 3 aliphatic rings. The van der Waals surface area contributed by atoms with Crippen LogP contribution in [0.15, 0.2) is 48.6 Å². The van der Waals surface area contributed by atoms with Crippen molar-refractivity contribution in [3.05, 3.63) is 48.6 Å². The molecule has 17 atom stereocenters. The molecule has 19 nitrogen and oxygen atoms in total. The highest BCUT2D eigenvalue weighted by Crippen LogP contribution is 2.33. The molecule has 12 N–H and O–H groups in total. The van der Waals surface area contributed by atoms with Crippen LogP contribution in [0.5, 0.6) is 0 Å². The summed E-state index contributed by atoms with van der Waals surface area (Å²) in [4.78, 5) is 13.5. The van der Waals surface area contributed by atoms with Gasteiger partial charge in [0, 0.05) is 6.42 Å². The molecule has 19 heteroatoms. The minimum Gasteiger partial charge on any atom is -0.394 e. The van der Waals surface area contributed by atoms with Gasteiger partial charge in [0.25, 0.3) is 0 Å². The molecule has 0 aliphatic carbocycles.